The van der Waals surface area contributed by atoms with Crippen LogP contribution in [0.1, 0.15) is 119 Å². The van der Waals surface area contributed by atoms with E-state index < -0.39 is 35.3 Å². The van der Waals surface area contributed by atoms with Gasteiger partial charge in [0.1, 0.15) is 17.5 Å². The van der Waals surface area contributed by atoms with Gasteiger partial charge in [0.25, 0.3) is 0 Å². The number of aromatic nitrogens is 9. The van der Waals surface area contributed by atoms with E-state index in [4.69, 9.17) is 17.2 Å². The van der Waals surface area contributed by atoms with Gasteiger partial charge in [-0.05, 0) is 164 Å². The number of nitrogens with two attached hydrogens (primary N) is 3. The van der Waals surface area contributed by atoms with Crippen LogP contribution in [0.5, 0.6) is 0 Å². The minimum atomic E-state index is -0.686. The fourth-order valence-electron chi connectivity index (χ4n) is 11.2. The lowest BCUT2D eigenvalue weighted by Gasteiger charge is -2.26. The lowest BCUT2D eigenvalue weighted by molar-refractivity contribution is 0.0953. The lowest BCUT2D eigenvalue weighted by Crippen LogP contribution is -2.23. The average molecular weight is 1100 g/mol. The Morgan fingerprint density at radius 1 is 0.370 bits per heavy atom. The molecular weight excluding hydrogens is 1050 g/mol. The molecule has 0 fully saturated rings. The van der Waals surface area contributed by atoms with Gasteiger partial charge in [-0.1, -0.05) is 18.2 Å². The maximum Gasteiger partial charge on any atom is 0.220 e. The molecule has 0 amide bonds. The largest absolute Gasteiger partial charge is 0.368 e. The molecule has 0 saturated carbocycles. The van der Waals surface area contributed by atoms with Crippen molar-refractivity contribution in [3.8, 4) is 33.4 Å². The summed E-state index contributed by atoms with van der Waals surface area (Å²) in [5, 5.41) is 0. The zero-order valence-corrected chi connectivity index (χ0v) is 43.6. The number of pyridine rings is 3. The first-order valence-corrected chi connectivity index (χ1v) is 25.5. The lowest BCUT2D eigenvalue weighted by atomic mass is 9.79. The number of carbonyl (C=O) groups excluding carboxylic acids is 3. The number of fused-ring (bicyclic) bond motifs is 3. The van der Waals surface area contributed by atoms with Gasteiger partial charge in [0, 0.05) is 54.5 Å². The van der Waals surface area contributed by atoms with Gasteiger partial charge in [-0.2, -0.15) is 13.2 Å². The van der Waals surface area contributed by atoms with Crippen molar-refractivity contribution in [1.29, 1.82) is 0 Å². The molecule has 81 heavy (non-hydrogen) atoms. The first-order chi connectivity index (χ1) is 38.8. The number of rotatable bonds is 6. The highest BCUT2D eigenvalue weighted by atomic mass is 19.1. The number of ketones is 3. The van der Waals surface area contributed by atoms with Crippen LogP contribution in [-0.4, -0.2) is 62.2 Å². The minimum Gasteiger partial charge on any atom is -0.368 e. The fourth-order valence-corrected chi connectivity index (χ4v) is 11.2. The highest BCUT2D eigenvalue weighted by molar-refractivity contribution is 6.01. The normalized spacial score (nSPS) is 16.3. The number of anilines is 3. The third kappa shape index (κ3) is 11.3. The third-order valence-corrected chi connectivity index (χ3v) is 14.5. The predicted octanol–water partition coefficient (Wildman–Crippen LogP) is 10.9. The summed E-state index contributed by atoms with van der Waals surface area (Å²) in [6.07, 6.45) is 5.95. The highest BCUT2D eigenvalue weighted by Gasteiger charge is 2.35. The number of aryl methyl sites for hydroxylation is 3. The topological polar surface area (TPSA) is 245 Å². The molecule has 0 spiro atoms. The van der Waals surface area contributed by atoms with E-state index >= 15 is 0 Å². The van der Waals surface area contributed by atoms with Gasteiger partial charge < -0.3 is 17.2 Å². The van der Waals surface area contributed by atoms with Crippen molar-refractivity contribution in [1.82, 2.24) is 44.9 Å². The van der Waals surface area contributed by atoms with Crippen molar-refractivity contribution in [2.45, 2.75) is 77.0 Å². The number of hydrogen-bond acceptors (Lipinski definition) is 15. The van der Waals surface area contributed by atoms with Crippen LogP contribution in [0.15, 0.2) is 110 Å². The Bertz CT molecular complexity index is 3610. The first-order valence-electron chi connectivity index (χ1n) is 25.5. The Morgan fingerprint density at radius 2 is 0.642 bits per heavy atom. The third-order valence-electron chi connectivity index (χ3n) is 14.5. The second-order valence-electron chi connectivity index (χ2n) is 19.8. The Morgan fingerprint density at radius 3 is 0.901 bits per heavy atom. The summed E-state index contributed by atoms with van der Waals surface area (Å²) in [4.78, 5) is 73.9. The van der Waals surface area contributed by atoms with Crippen molar-refractivity contribution in [3.63, 3.8) is 0 Å². The summed E-state index contributed by atoms with van der Waals surface area (Å²) in [5.41, 5.74) is 25.9. The molecule has 3 aliphatic rings. The molecule has 15 nitrogen and oxygen atoms in total. The average Bonchev–Trinajstić information content (AvgIpc) is 3.61. The zero-order chi connectivity index (χ0) is 57.4. The molecular formula is C60H48F6N12O3. The van der Waals surface area contributed by atoms with Gasteiger partial charge >= 0.3 is 0 Å². The minimum absolute atomic E-state index is 0.0966. The summed E-state index contributed by atoms with van der Waals surface area (Å²) < 4.78 is 84.4. The summed E-state index contributed by atoms with van der Waals surface area (Å²) >= 11 is 0. The molecule has 21 heteroatoms. The van der Waals surface area contributed by atoms with E-state index in [9.17, 15) is 40.7 Å². The predicted molar refractivity (Wildman–Crippen MR) is 288 cm³/mol. The maximum absolute atomic E-state index is 14.2. The van der Waals surface area contributed by atoms with E-state index in [1.54, 1.807) is 75.4 Å². The Labute approximate surface area is 459 Å². The van der Waals surface area contributed by atoms with Crippen molar-refractivity contribution < 1.29 is 40.7 Å². The zero-order valence-electron chi connectivity index (χ0n) is 43.6. The van der Waals surface area contributed by atoms with Crippen molar-refractivity contribution >= 4 is 35.2 Å². The molecule has 0 bridgehead atoms. The molecule has 6 aromatic heterocycles. The Hall–Kier alpha value is -9.66. The van der Waals surface area contributed by atoms with Gasteiger partial charge in [0.2, 0.25) is 35.7 Å². The maximum atomic E-state index is 14.2. The molecule has 0 aliphatic heterocycles. The van der Waals surface area contributed by atoms with E-state index in [1.807, 2.05) is 0 Å². The second-order valence-corrected chi connectivity index (χ2v) is 19.8. The summed E-state index contributed by atoms with van der Waals surface area (Å²) in [5.74, 6) is -4.28. The number of carbonyl (C=O) groups is 3. The summed E-state index contributed by atoms with van der Waals surface area (Å²) in [6, 6.07) is 21.9. The smallest absolute Gasteiger partial charge is 0.220 e. The quantitative estimate of drug-likeness (QED) is 0.104. The number of Topliss-reactive ketones (excluding diaryl/α,β-unsaturated/α-hetero) is 3. The number of benzene rings is 3. The molecule has 0 radical (unpaired) electrons. The summed E-state index contributed by atoms with van der Waals surface area (Å²) in [7, 11) is 0. The van der Waals surface area contributed by atoms with E-state index in [2.05, 4.69) is 44.9 Å². The molecule has 3 atom stereocenters. The molecule has 3 aromatic carbocycles. The molecule has 9 aromatic rings. The molecule has 3 aliphatic carbocycles. The molecule has 12 rings (SSSR count). The standard InChI is InChI=1S/3C20H16F2N4O/c3*1-10-18-16(26-20(23)25-10)7-11(8-17(18)27)13-5-4-12(21)9-15(13)14-3-2-6-24-19(14)22/h3*2-6,9,11H,7-8H2,1H3,(H2,23,25,26)/t2*11-;/m10./s1. The number of nitrogens with zero attached hydrogens (tertiary/aromatic N) is 9. The van der Waals surface area contributed by atoms with Gasteiger partial charge in [-0.15, -0.1) is 0 Å². The van der Waals surface area contributed by atoms with Gasteiger partial charge in [0.15, 0.2) is 17.3 Å². The molecule has 1 unspecified atom stereocenters. The van der Waals surface area contributed by atoms with Crippen LogP contribution in [0.4, 0.5) is 44.2 Å². The van der Waals surface area contributed by atoms with Gasteiger partial charge in [-0.25, -0.2) is 58.0 Å². The van der Waals surface area contributed by atoms with E-state index in [0.717, 1.165) is 0 Å². The van der Waals surface area contributed by atoms with Crippen LogP contribution in [-0.2, 0) is 19.3 Å². The second kappa shape index (κ2) is 22.6. The summed E-state index contributed by atoms with van der Waals surface area (Å²) in [6.45, 7) is 5.18. The van der Waals surface area contributed by atoms with E-state index in [-0.39, 0.29) is 88.9 Å². The SMILES string of the molecule is Cc1nc(N)nc2c1C(=O)CC(c1ccc(F)cc1-c1cccnc1F)C2.Cc1nc(N)nc2c1C(=O)C[C@@H](c1ccc(F)cc1-c1cccnc1F)C2.Cc1nc(N)nc2c1C(=O)C[C@H](c1ccc(F)cc1-c1cccnc1F)C2. The van der Waals surface area contributed by atoms with Crippen LogP contribution in [0.3, 0.4) is 0 Å². The van der Waals surface area contributed by atoms with Crippen LogP contribution in [0.25, 0.3) is 33.4 Å². The molecule has 408 valence electrons. The molecule has 0 saturated heterocycles. The first kappa shape index (κ1) is 54.7. The molecule has 6 N–H and O–H groups in total. The van der Waals surface area contributed by atoms with Crippen LogP contribution in [0.2, 0.25) is 0 Å². The van der Waals surface area contributed by atoms with Crippen molar-refractivity contribution in [3.05, 3.63) is 212 Å². The number of halogens is 6. The number of hydrogen-bond donors (Lipinski definition) is 3. The van der Waals surface area contributed by atoms with Crippen molar-refractivity contribution in [2.24, 2.45) is 0 Å². The fraction of sp³-hybridized carbons (Fsp3) is 0.200. The van der Waals surface area contributed by atoms with Crippen molar-refractivity contribution in [2.75, 3.05) is 17.2 Å². The monoisotopic (exact) mass is 1100 g/mol. The van der Waals surface area contributed by atoms with E-state index in [0.29, 0.717) is 103 Å². The van der Waals surface area contributed by atoms with Crippen LogP contribution >= 0.6 is 0 Å². The Balaban J connectivity index is 0.000000136. The van der Waals surface area contributed by atoms with Gasteiger partial charge in [-0.3, -0.25) is 14.4 Å². The van der Waals surface area contributed by atoms with Crippen LogP contribution < -0.4 is 17.2 Å². The Kier molecular flexibility index (Phi) is 15.3. The van der Waals surface area contributed by atoms with E-state index in [1.165, 1.54) is 55.0 Å². The molecule has 6 heterocycles. The van der Waals surface area contributed by atoms with Gasteiger partial charge in [0.05, 0.1) is 50.9 Å². The highest BCUT2D eigenvalue weighted by Crippen LogP contribution is 2.42. The van der Waals surface area contributed by atoms with Crippen LogP contribution in [0, 0.1) is 56.1 Å². The number of nitrogen functional groups attached to an aromatic ring is 3.